The minimum absolute atomic E-state index is 0.222. The molecule has 0 aliphatic rings. The molecule has 0 saturated heterocycles. The molecule has 9 heteroatoms. The lowest BCUT2D eigenvalue weighted by Gasteiger charge is -2.23. The Bertz CT molecular complexity index is 670. The first-order valence-corrected chi connectivity index (χ1v) is 9.89. The standard InChI is InChI=1S/C19H26INO7/c1-19(2,3)28-18(26)21-15(17(24)25)11-12(16(22)23)5-4-10-27-14-8-6-13(20)7-9-14/h6-9,12,15H,4-5,10-11H2,1-3H3,(H,21,26)(H,22,23)(H,24,25)/t12-,15-/m0/s1. The van der Waals surface area contributed by atoms with E-state index in [0.29, 0.717) is 18.8 Å². The van der Waals surface area contributed by atoms with Crippen LogP contribution in [0, 0.1) is 9.49 Å². The van der Waals surface area contributed by atoms with Gasteiger partial charge in [0, 0.05) is 3.57 Å². The van der Waals surface area contributed by atoms with Crippen LogP contribution in [0.2, 0.25) is 0 Å². The fraction of sp³-hybridized carbons (Fsp3) is 0.526. The molecule has 1 amide bonds. The molecule has 8 nitrogen and oxygen atoms in total. The van der Waals surface area contributed by atoms with Gasteiger partial charge in [-0.2, -0.15) is 0 Å². The summed E-state index contributed by atoms with van der Waals surface area (Å²) in [5, 5.41) is 20.9. The maximum Gasteiger partial charge on any atom is 0.408 e. The summed E-state index contributed by atoms with van der Waals surface area (Å²) in [7, 11) is 0. The summed E-state index contributed by atoms with van der Waals surface area (Å²) >= 11 is 2.18. The van der Waals surface area contributed by atoms with Gasteiger partial charge >= 0.3 is 18.0 Å². The highest BCUT2D eigenvalue weighted by Gasteiger charge is 2.29. The molecule has 156 valence electrons. The van der Waals surface area contributed by atoms with Crippen molar-refractivity contribution in [2.24, 2.45) is 5.92 Å². The number of amides is 1. The van der Waals surface area contributed by atoms with Crippen LogP contribution < -0.4 is 10.1 Å². The quantitative estimate of drug-likeness (QED) is 0.327. The third kappa shape index (κ3) is 9.77. The highest BCUT2D eigenvalue weighted by Crippen LogP contribution is 2.18. The summed E-state index contributed by atoms with van der Waals surface area (Å²) in [6.45, 7) is 5.25. The van der Waals surface area contributed by atoms with Gasteiger partial charge in [-0.15, -0.1) is 0 Å². The Hall–Kier alpha value is -2.04. The van der Waals surface area contributed by atoms with Crippen molar-refractivity contribution in [3.8, 4) is 5.75 Å². The number of rotatable bonds is 10. The molecule has 0 aromatic heterocycles. The van der Waals surface area contributed by atoms with Gasteiger partial charge in [0.05, 0.1) is 12.5 Å². The van der Waals surface area contributed by atoms with Gasteiger partial charge in [0.1, 0.15) is 17.4 Å². The lowest BCUT2D eigenvalue weighted by molar-refractivity contribution is -0.144. The highest BCUT2D eigenvalue weighted by molar-refractivity contribution is 14.1. The van der Waals surface area contributed by atoms with Crippen molar-refractivity contribution < 1.29 is 34.1 Å². The second-order valence-corrected chi connectivity index (χ2v) is 8.50. The van der Waals surface area contributed by atoms with Crippen LogP contribution in [0.5, 0.6) is 5.75 Å². The van der Waals surface area contributed by atoms with Gasteiger partial charge < -0.3 is 25.0 Å². The Labute approximate surface area is 177 Å². The number of halogens is 1. The van der Waals surface area contributed by atoms with Crippen molar-refractivity contribution in [2.45, 2.75) is 51.7 Å². The van der Waals surface area contributed by atoms with E-state index in [9.17, 15) is 24.6 Å². The lowest BCUT2D eigenvalue weighted by Crippen LogP contribution is -2.45. The molecule has 0 unspecified atom stereocenters. The van der Waals surface area contributed by atoms with Crippen LogP contribution in [-0.4, -0.2) is 46.5 Å². The molecule has 0 aliphatic heterocycles. The topological polar surface area (TPSA) is 122 Å². The Morgan fingerprint density at radius 3 is 2.21 bits per heavy atom. The first-order chi connectivity index (χ1) is 13.0. The van der Waals surface area contributed by atoms with E-state index in [1.807, 2.05) is 24.3 Å². The lowest BCUT2D eigenvalue weighted by atomic mass is 9.95. The fourth-order valence-corrected chi connectivity index (χ4v) is 2.71. The highest BCUT2D eigenvalue weighted by atomic mass is 127. The molecule has 0 radical (unpaired) electrons. The van der Waals surface area contributed by atoms with Gasteiger partial charge in [-0.05, 0) is 86.9 Å². The van der Waals surface area contributed by atoms with E-state index >= 15 is 0 Å². The Kier molecular flexibility index (Phi) is 9.50. The first kappa shape index (κ1) is 24.0. The van der Waals surface area contributed by atoms with Gasteiger partial charge in [-0.3, -0.25) is 4.79 Å². The number of hydrogen-bond acceptors (Lipinski definition) is 5. The summed E-state index contributed by atoms with van der Waals surface area (Å²) in [6.07, 6.45) is -0.486. The normalized spacial score (nSPS) is 13.3. The summed E-state index contributed by atoms with van der Waals surface area (Å²) in [6, 6.07) is 6.09. The molecule has 2 atom stereocenters. The predicted molar refractivity (Wildman–Crippen MR) is 110 cm³/mol. The number of ether oxygens (including phenoxy) is 2. The monoisotopic (exact) mass is 507 g/mol. The van der Waals surface area contributed by atoms with Crippen molar-refractivity contribution in [1.29, 1.82) is 0 Å². The number of benzene rings is 1. The maximum atomic E-state index is 11.8. The molecular formula is C19H26INO7. The molecule has 1 aromatic carbocycles. The van der Waals surface area contributed by atoms with Gasteiger partial charge in [-0.25, -0.2) is 9.59 Å². The summed E-state index contributed by atoms with van der Waals surface area (Å²) < 4.78 is 11.7. The van der Waals surface area contributed by atoms with E-state index in [0.717, 1.165) is 3.57 Å². The molecule has 28 heavy (non-hydrogen) atoms. The van der Waals surface area contributed by atoms with Gasteiger partial charge in [0.2, 0.25) is 0 Å². The zero-order chi connectivity index (χ0) is 21.3. The van der Waals surface area contributed by atoms with Crippen LogP contribution in [0.15, 0.2) is 24.3 Å². The van der Waals surface area contributed by atoms with Crippen molar-refractivity contribution in [3.05, 3.63) is 27.8 Å². The summed E-state index contributed by atoms with van der Waals surface area (Å²) in [5.41, 5.74) is -0.786. The van der Waals surface area contributed by atoms with E-state index in [1.165, 1.54) is 0 Å². The smallest absolute Gasteiger partial charge is 0.408 e. The minimum atomic E-state index is -1.35. The fourth-order valence-electron chi connectivity index (χ4n) is 2.35. The zero-order valence-corrected chi connectivity index (χ0v) is 18.3. The second-order valence-electron chi connectivity index (χ2n) is 7.25. The van der Waals surface area contributed by atoms with Crippen molar-refractivity contribution in [3.63, 3.8) is 0 Å². The zero-order valence-electron chi connectivity index (χ0n) is 16.1. The third-order valence-corrected chi connectivity index (χ3v) is 4.36. The Morgan fingerprint density at radius 2 is 1.71 bits per heavy atom. The van der Waals surface area contributed by atoms with E-state index in [4.69, 9.17) is 9.47 Å². The molecule has 0 heterocycles. The minimum Gasteiger partial charge on any atom is -0.494 e. The molecule has 0 fully saturated rings. The van der Waals surface area contributed by atoms with Gasteiger partial charge in [-0.1, -0.05) is 0 Å². The molecule has 0 bridgehead atoms. The van der Waals surface area contributed by atoms with Gasteiger partial charge in [0.15, 0.2) is 0 Å². The molecule has 0 spiro atoms. The van der Waals surface area contributed by atoms with E-state index in [-0.39, 0.29) is 12.8 Å². The predicted octanol–water partition coefficient (Wildman–Crippen LogP) is 3.52. The van der Waals surface area contributed by atoms with E-state index in [2.05, 4.69) is 27.9 Å². The Morgan fingerprint density at radius 1 is 1.11 bits per heavy atom. The second kappa shape index (κ2) is 11.1. The molecular weight excluding hydrogens is 481 g/mol. The largest absolute Gasteiger partial charge is 0.494 e. The molecule has 3 N–H and O–H groups in total. The number of carbonyl (C=O) groups excluding carboxylic acids is 1. The van der Waals surface area contributed by atoms with Crippen LogP contribution in [0.4, 0.5) is 4.79 Å². The number of carboxylic acid groups (broad SMARTS) is 2. The summed E-state index contributed by atoms with van der Waals surface area (Å²) in [5.74, 6) is -2.68. The Balaban J connectivity index is 2.55. The number of nitrogens with one attached hydrogen (secondary N) is 1. The average molecular weight is 507 g/mol. The molecule has 0 aliphatic carbocycles. The van der Waals surface area contributed by atoms with Crippen LogP contribution >= 0.6 is 22.6 Å². The number of alkyl carbamates (subject to hydrolysis) is 1. The number of aliphatic carboxylic acids is 2. The number of carboxylic acids is 2. The van der Waals surface area contributed by atoms with Crippen molar-refractivity contribution in [1.82, 2.24) is 5.32 Å². The average Bonchev–Trinajstić information content (AvgIpc) is 2.56. The maximum absolute atomic E-state index is 11.8. The molecule has 1 rings (SSSR count). The summed E-state index contributed by atoms with van der Waals surface area (Å²) in [4.78, 5) is 34.7. The first-order valence-electron chi connectivity index (χ1n) is 8.81. The molecule has 1 aromatic rings. The third-order valence-electron chi connectivity index (χ3n) is 3.64. The van der Waals surface area contributed by atoms with E-state index < -0.39 is 35.6 Å². The van der Waals surface area contributed by atoms with Crippen molar-refractivity contribution in [2.75, 3.05) is 6.61 Å². The molecule has 0 saturated carbocycles. The van der Waals surface area contributed by atoms with Crippen LogP contribution in [-0.2, 0) is 14.3 Å². The number of hydrogen-bond donors (Lipinski definition) is 3. The van der Waals surface area contributed by atoms with Crippen LogP contribution in [0.1, 0.15) is 40.0 Å². The van der Waals surface area contributed by atoms with Crippen LogP contribution in [0.3, 0.4) is 0 Å². The number of carbonyl (C=O) groups is 3. The van der Waals surface area contributed by atoms with Crippen LogP contribution in [0.25, 0.3) is 0 Å². The SMILES string of the molecule is CC(C)(C)OC(=O)N[C@@H](C[C@H](CCCOc1ccc(I)cc1)C(=O)O)C(=O)O. The van der Waals surface area contributed by atoms with E-state index in [1.54, 1.807) is 20.8 Å². The van der Waals surface area contributed by atoms with Gasteiger partial charge in [0.25, 0.3) is 0 Å². The van der Waals surface area contributed by atoms with Crippen molar-refractivity contribution >= 4 is 40.6 Å².